The van der Waals surface area contributed by atoms with E-state index in [0.29, 0.717) is 17.1 Å². The van der Waals surface area contributed by atoms with Crippen LogP contribution in [-0.2, 0) is 24.2 Å². The van der Waals surface area contributed by atoms with E-state index in [1.807, 2.05) is 35.7 Å². The number of hydrogen-bond donors (Lipinski definition) is 0. The van der Waals surface area contributed by atoms with Gasteiger partial charge in [0.25, 0.3) is 0 Å². The van der Waals surface area contributed by atoms with Crippen LogP contribution in [0.15, 0.2) is 46.4 Å². The molecule has 4 rings (SSSR count). The zero-order valence-corrected chi connectivity index (χ0v) is 13.3. The number of rotatable bonds is 4. The number of oxazole rings is 1. The predicted molar refractivity (Wildman–Crippen MR) is 87.4 cm³/mol. The van der Waals surface area contributed by atoms with Gasteiger partial charge in [0.2, 0.25) is 5.89 Å². The van der Waals surface area contributed by atoms with Gasteiger partial charge in [0.1, 0.15) is 18.6 Å². The largest absolute Gasteiger partial charge is 0.455 e. The zero-order chi connectivity index (χ0) is 15.6. The van der Waals surface area contributed by atoms with E-state index >= 15 is 0 Å². The average molecular weight is 325 g/mol. The Morgan fingerprint density at radius 1 is 1.26 bits per heavy atom. The molecule has 116 valence electrons. The number of thiophene rings is 1. The van der Waals surface area contributed by atoms with Crippen molar-refractivity contribution in [2.75, 3.05) is 0 Å². The summed E-state index contributed by atoms with van der Waals surface area (Å²) in [7, 11) is 0. The highest BCUT2D eigenvalue weighted by molar-refractivity contribution is 7.13. The lowest BCUT2D eigenvalue weighted by atomic mass is 10.1. The van der Waals surface area contributed by atoms with Crippen LogP contribution in [0.3, 0.4) is 0 Å². The van der Waals surface area contributed by atoms with Crippen LogP contribution in [0.25, 0.3) is 10.8 Å². The first-order valence-corrected chi connectivity index (χ1v) is 8.45. The summed E-state index contributed by atoms with van der Waals surface area (Å²) >= 11 is 1.56. The summed E-state index contributed by atoms with van der Waals surface area (Å²) in [5, 5.41) is 1.97. The summed E-state index contributed by atoms with van der Waals surface area (Å²) in [6.45, 7) is 0.116. The van der Waals surface area contributed by atoms with Crippen molar-refractivity contribution in [3.63, 3.8) is 0 Å². The van der Waals surface area contributed by atoms with E-state index in [9.17, 15) is 4.79 Å². The molecule has 4 nitrogen and oxygen atoms in total. The molecule has 5 heteroatoms. The summed E-state index contributed by atoms with van der Waals surface area (Å²) in [4.78, 5) is 17.5. The van der Waals surface area contributed by atoms with Crippen LogP contribution in [0.4, 0.5) is 0 Å². The Labute approximate surface area is 137 Å². The average Bonchev–Trinajstić information content (AvgIpc) is 3.32. The van der Waals surface area contributed by atoms with Crippen LogP contribution in [0, 0.1) is 0 Å². The molecule has 0 fully saturated rings. The number of ether oxygens (including phenoxy) is 1. The first-order valence-electron chi connectivity index (χ1n) is 7.57. The highest BCUT2D eigenvalue weighted by Gasteiger charge is 2.15. The monoisotopic (exact) mass is 325 g/mol. The lowest BCUT2D eigenvalue weighted by molar-refractivity contribution is 0.0467. The minimum atomic E-state index is -0.319. The van der Waals surface area contributed by atoms with E-state index in [2.05, 4.69) is 4.98 Å². The van der Waals surface area contributed by atoms with Gasteiger partial charge < -0.3 is 9.15 Å². The number of carbonyl (C=O) groups is 1. The fourth-order valence-corrected chi connectivity index (χ4v) is 3.46. The van der Waals surface area contributed by atoms with Gasteiger partial charge in [-0.1, -0.05) is 12.1 Å². The first kappa shape index (κ1) is 14.2. The molecular weight excluding hydrogens is 310 g/mol. The van der Waals surface area contributed by atoms with E-state index in [-0.39, 0.29) is 12.6 Å². The molecule has 0 unspecified atom stereocenters. The minimum absolute atomic E-state index is 0.116. The number of hydrogen-bond acceptors (Lipinski definition) is 5. The molecule has 2 aromatic heterocycles. The van der Waals surface area contributed by atoms with E-state index in [4.69, 9.17) is 9.15 Å². The molecule has 0 spiro atoms. The summed E-state index contributed by atoms with van der Waals surface area (Å²) < 4.78 is 10.8. The maximum Gasteiger partial charge on any atom is 0.338 e. The molecule has 1 aliphatic carbocycles. The number of aryl methyl sites for hydroxylation is 2. The molecule has 0 atom stereocenters. The van der Waals surface area contributed by atoms with Crippen LogP contribution < -0.4 is 0 Å². The number of esters is 1. The van der Waals surface area contributed by atoms with Gasteiger partial charge in [0.05, 0.1) is 10.4 Å². The van der Waals surface area contributed by atoms with Gasteiger partial charge in [0.15, 0.2) is 0 Å². The smallest absolute Gasteiger partial charge is 0.338 e. The molecule has 2 heterocycles. The summed E-state index contributed by atoms with van der Waals surface area (Å²) in [6, 6.07) is 9.70. The van der Waals surface area contributed by atoms with Crippen molar-refractivity contribution >= 4 is 17.3 Å². The maximum absolute atomic E-state index is 12.2. The molecule has 1 aromatic carbocycles. The van der Waals surface area contributed by atoms with E-state index in [1.165, 1.54) is 17.4 Å². The minimum Gasteiger partial charge on any atom is -0.455 e. The highest BCUT2D eigenvalue weighted by Crippen LogP contribution is 2.25. The van der Waals surface area contributed by atoms with Crippen molar-refractivity contribution in [1.82, 2.24) is 4.98 Å². The second-order valence-electron chi connectivity index (χ2n) is 5.53. The molecule has 0 aliphatic heterocycles. The number of aromatic nitrogens is 1. The van der Waals surface area contributed by atoms with Gasteiger partial charge in [-0.05, 0) is 54.0 Å². The number of carbonyl (C=O) groups excluding carboxylic acids is 1. The van der Waals surface area contributed by atoms with Gasteiger partial charge >= 0.3 is 5.97 Å². The number of nitrogens with zero attached hydrogens (tertiary/aromatic N) is 1. The molecule has 1 aliphatic rings. The van der Waals surface area contributed by atoms with Crippen molar-refractivity contribution < 1.29 is 13.9 Å². The van der Waals surface area contributed by atoms with Gasteiger partial charge in [0, 0.05) is 0 Å². The Morgan fingerprint density at radius 3 is 3.04 bits per heavy atom. The van der Waals surface area contributed by atoms with Gasteiger partial charge in [-0.15, -0.1) is 11.3 Å². The second kappa shape index (κ2) is 6.01. The Morgan fingerprint density at radius 2 is 2.17 bits per heavy atom. The normalized spacial score (nSPS) is 13.0. The molecule has 3 aromatic rings. The van der Waals surface area contributed by atoms with E-state index in [1.54, 1.807) is 11.3 Å². The third-order valence-electron chi connectivity index (χ3n) is 3.97. The SMILES string of the molecule is O=C(OCc1coc(-c2cccs2)n1)c1ccc2c(c1)CCC2. The molecule has 0 N–H and O–H groups in total. The van der Waals surface area contributed by atoms with Crippen LogP contribution in [0.5, 0.6) is 0 Å². The molecule has 0 amide bonds. The van der Waals surface area contributed by atoms with Crippen LogP contribution in [0.1, 0.15) is 33.6 Å². The quantitative estimate of drug-likeness (QED) is 0.673. The fraction of sp³-hybridized carbons (Fsp3) is 0.222. The van der Waals surface area contributed by atoms with Crippen molar-refractivity contribution in [1.29, 1.82) is 0 Å². The lowest BCUT2D eigenvalue weighted by Gasteiger charge is -2.05. The highest BCUT2D eigenvalue weighted by atomic mass is 32.1. The molecule has 0 saturated carbocycles. The Hall–Kier alpha value is -2.40. The number of benzene rings is 1. The second-order valence-corrected chi connectivity index (χ2v) is 6.48. The Bertz CT molecular complexity index is 836. The topological polar surface area (TPSA) is 52.3 Å². The summed E-state index contributed by atoms with van der Waals surface area (Å²) in [5.41, 5.74) is 3.83. The van der Waals surface area contributed by atoms with Gasteiger partial charge in [-0.25, -0.2) is 9.78 Å². The Balaban J connectivity index is 1.42. The van der Waals surface area contributed by atoms with Crippen molar-refractivity contribution in [3.8, 4) is 10.8 Å². The predicted octanol–water partition coefficient (Wildman–Crippen LogP) is 4.25. The van der Waals surface area contributed by atoms with Crippen LogP contribution in [0.2, 0.25) is 0 Å². The van der Waals surface area contributed by atoms with Crippen LogP contribution >= 0.6 is 11.3 Å². The first-order chi connectivity index (χ1) is 11.3. The molecular formula is C18H15NO3S. The van der Waals surface area contributed by atoms with Crippen molar-refractivity contribution in [3.05, 3.63) is 64.4 Å². The van der Waals surface area contributed by atoms with Crippen molar-refractivity contribution in [2.24, 2.45) is 0 Å². The summed E-state index contributed by atoms with van der Waals surface area (Å²) in [5.74, 6) is 0.240. The van der Waals surface area contributed by atoms with E-state index < -0.39 is 0 Å². The third kappa shape index (κ3) is 2.92. The van der Waals surface area contributed by atoms with E-state index in [0.717, 1.165) is 24.1 Å². The number of fused-ring (bicyclic) bond motifs is 1. The Kier molecular flexibility index (Phi) is 3.71. The summed E-state index contributed by atoms with van der Waals surface area (Å²) in [6.07, 6.45) is 4.85. The van der Waals surface area contributed by atoms with Gasteiger partial charge in [-0.3, -0.25) is 0 Å². The zero-order valence-electron chi connectivity index (χ0n) is 12.5. The molecule has 0 bridgehead atoms. The van der Waals surface area contributed by atoms with Crippen LogP contribution in [-0.4, -0.2) is 11.0 Å². The van der Waals surface area contributed by atoms with Crippen molar-refractivity contribution in [2.45, 2.75) is 25.9 Å². The lowest BCUT2D eigenvalue weighted by Crippen LogP contribution is -2.06. The third-order valence-corrected chi connectivity index (χ3v) is 4.83. The molecule has 0 saturated heterocycles. The molecule has 23 heavy (non-hydrogen) atoms. The standard InChI is InChI=1S/C18H15NO3S/c20-18(14-7-6-12-3-1-4-13(12)9-14)22-11-15-10-21-17(19-15)16-5-2-8-23-16/h2,5-10H,1,3-4,11H2. The maximum atomic E-state index is 12.2. The van der Waals surface area contributed by atoms with Gasteiger partial charge in [-0.2, -0.15) is 0 Å². The fourth-order valence-electron chi connectivity index (χ4n) is 2.81. The molecule has 0 radical (unpaired) electrons.